The van der Waals surface area contributed by atoms with E-state index in [-0.39, 0.29) is 5.91 Å². The normalized spacial score (nSPS) is 15.6. The fraction of sp³-hybridized carbons (Fsp3) is 0.579. The van der Waals surface area contributed by atoms with Crippen LogP contribution in [0.3, 0.4) is 0 Å². The summed E-state index contributed by atoms with van der Waals surface area (Å²) >= 11 is 1.64. The lowest BCUT2D eigenvalue weighted by Gasteiger charge is -2.26. The molecule has 3 rings (SSSR count). The van der Waals surface area contributed by atoms with Gasteiger partial charge in [0.15, 0.2) is 5.13 Å². The average molecular weight is 363 g/mol. The van der Waals surface area contributed by atoms with Gasteiger partial charge in [-0.25, -0.2) is 4.98 Å². The molecule has 2 heterocycles. The molecule has 6 heteroatoms. The molecule has 25 heavy (non-hydrogen) atoms. The van der Waals surface area contributed by atoms with E-state index in [2.05, 4.69) is 32.9 Å². The molecule has 0 radical (unpaired) electrons. The van der Waals surface area contributed by atoms with Crippen LogP contribution in [0.1, 0.15) is 30.9 Å². The standard InChI is InChI=1S/C19H27N3O2S/c1-4-5-17(23)22(7-6-21-8-10-24-11-9-21)19-20-16-13-14(2)12-15(3)18(16)25-19/h12-13H,4-11H2,1-3H3/p+1. The van der Waals surface area contributed by atoms with Gasteiger partial charge in [0.1, 0.15) is 13.1 Å². The minimum Gasteiger partial charge on any atom is -0.370 e. The summed E-state index contributed by atoms with van der Waals surface area (Å²) in [6, 6.07) is 4.29. The van der Waals surface area contributed by atoms with E-state index in [4.69, 9.17) is 9.72 Å². The van der Waals surface area contributed by atoms with Crippen LogP contribution in [0.25, 0.3) is 10.2 Å². The number of thiazole rings is 1. The summed E-state index contributed by atoms with van der Waals surface area (Å²) in [4.78, 5) is 20.9. The molecule has 5 nitrogen and oxygen atoms in total. The number of hydrogen-bond donors (Lipinski definition) is 1. The fourth-order valence-electron chi connectivity index (χ4n) is 3.34. The summed E-state index contributed by atoms with van der Waals surface area (Å²) in [7, 11) is 0. The number of morpholine rings is 1. The number of aryl methyl sites for hydroxylation is 2. The van der Waals surface area contributed by atoms with Gasteiger partial charge >= 0.3 is 0 Å². The lowest BCUT2D eigenvalue weighted by Crippen LogP contribution is -3.14. The molecule has 0 bridgehead atoms. The number of ether oxygens (including phenoxy) is 1. The quantitative estimate of drug-likeness (QED) is 0.855. The Hall–Kier alpha value is -1.50. The molecule has 1 saturated heterocycles. The number of rotatable bonds is 6. The highest BCUT2D eigenvalue weighted by Crippen LogP contribution is 2.32. The zero-order valence-corrected chi connectivity index (χ0v) is 16.2. The third-order valence-corrected chi connectivity index (χ3v) is 5.92. The van der Waals surface area contributed by atoms with Gasteiger partial charge in [0.2, 0.25) is 5.91 Å². The number of fused-ring (bicyclic) bond motifs is 1. The first-order valence-electron chi connectivity index (χ1n) is 9.18. The first-order valence-corrected chi connectivity index (χ1v) is 9.99. The van der Waals surface area contributed by atoms with E-state index in [0.29, 0.717) is 6.42 Å². The zero-order valence-electron chi connectivity index (χ0n) is 15.4. The number of anilines is 1. The second kappa shape index (κ2) is 8.25. The average Bonchev–Trinajstić information content (AvgIpc) is 3.00. The van der Waals surface area contributed by atoms with Gasteiger partial charge in [0, 0.05) is 6.42 Å². The molecule has 1 fully saturated rings. The second-order valence-corrected chi connectivity index (χ2v) is 7.81. The number of quaternary nitrogens is 1. The summed E-state index contributed by atoms with van der Waals surface area (Å²) < 4.78 is 6.62. The predicted octanol–water partition coefficient (Wildman–Crippen LogP) is 1.96. The highest BCUT2D eigenvalue weighted by atomic mass is 32.1. The van der Waals surface area contributed by atoms with Crippen LogP contribution in [-0.2, 0) is 9.53 Å². The van der Waals surface area contributed by atoms with Crippen molar-refractivity contribution in [2.75, 3.05) is 44.3 Å². The van der Waals surface area contributed by atoms with Crippen molar-refractivity contribution >= 4 is 32.6 Å². The van der Waals surface area contributed by atoms with Crippen LogP contribution in [0.5, 0.6) is 0 Å². The van der Waals surface area contributed by atoms with Gasteiger partial charge in [-0.1, -0.05) is 24.3 Å². The van der Waals surface area contributed by atoms with E-state index in [9.17, 15) is 4.79 Å². The van der Waals surface area contributed by atoms with Crippen molar-refractivity contribution in [1.82, 2.24) is 4.98 Å². The number of carbonyl (C=O) groups is 1. The molecule has 1 amide bonds. The first-order chi connectivity index (χ1) is 12.1. The fourth-order valence-corrected chi connectivity index (χ4v) is 4.40. The molecular formula is C19H28N3O2S+. The zero-order chi connectivity index (χ0) is 17.8. The number of carbonyl (C=O) groups excluding carboxylic acids is 1. The van der Waals surface area contributed by atoms with E-state index in [1.165, 1.54) is 20.7 Å². The Kier molecular flexibility index (Phi) is 6.04. The van der Waals surface area contributed by atoms with Crippen molar-refractivity contribution in [3.63, 3.8) is 0 Å². The Bertz CT molecular complexity index is 738. The van der Waals surface area contributed by atoms with Crippen molar-refractivity contribution in [1.29, 1.82) is 0 Å². The van der Waals surface area contributed by atoms with Gasteiger partial charge in [-0.2, -0.15) is 0 Å². The van der Waals surface area contributed by atoms with E-state index < -0.39 is 0 Å². The van der Waals surface area contributed by atoms with Gasteiger partial charge in [-0.3, -0.25) is 9.69 Å². The third kappa shape index (κ3) is 4.37. The Balaban J connectivity index is 1.83. The van der Waals surface area contributed by atoms with Crippen LogP contribution in [0.2, 0.25) is 0 Å². The van der Waals surface area contributed by atoms with Gasteiger partial charge in [0.25, 0.3) is 0 Å². The molecule has 1 aromatic heterocycles. The SMILES string of the molecule is CCCC(=O)N(CC[NH+]1CCOCC1)c1nc2cc(C)cc(C)c2s1. The van der Waals surface area contributed by atoms with Gasteiger partial charge in [0.05, 0.1) is 36.5 Å². The molecule has 1 aromatic carbocycles. The summed E-state index contributed by atoms with van der Waals surface area (Å²) in [5, 5.41) is 0.842. The minimum absolute atomic E-state index is 0.184. The number of amides is 1. The van der Waals surface area contributed by atoms with E-state index in [1.807, 2.05) is 4.90 Å². The molecule has 0 spiro atoms. The molecule has 1 aliphatic rings. The van der Waals surface area contributed by atoms with Crippen LogP contribution in [0.15, 0.2) is 12.1 Å². The maximum atomic E-state index is 12.7. The van der Waals surface area contributed by atoms with Crippen molar-refractivity contribution in [3.8, 4) is 0 Å². The first kappa shape index (κ1) is 18.3. The molecule has 0 aliphatic carbocycles. The minimum atomic E-state index is 0.184. The highest BCUT2D eigenvalue weighted by molar-refractivity contribution is 7.22. The molecule has 1 aliphatic heterocycles. The Morgan fingerprint density at radius 3 is 2.80 bits per heavy atom. The predicted molar refractivity (Wildman–Crippen MR) is 103 cm³/mol. The third-order valence-electron chi connectivity index (χ3n) is 4.69. The van der Waals surface area contributed by atoms with Crippen molar-refractivity contribution in [3.05, 3.63) is 23.3 Å². The van der Waals surface area contributed by atoms with Crippen LogP contribution in [-0.4, -0.2) is 50.3 Å². The number of aromatic nitrogens is 1. The maximum absolute atomic E-state index is 12.7. The molecule has 0 saturated carbocycles. The number of nitrogens with one attached hydrogen (secondary N) is 1. The summed E-state index contributed by atoms with van der Waals surface area (Å²) in [5.74, 6) is 0.184. The van der Waals surface area contributed by atoms with Gasteiger partial charge < -0.3 is 9.64 Å². The van der Waals surface area contributed by atoms with Crippen molar-refractivity contribution in [2.24, 2.45) is 0 Å². The topological polar surface area (TPSA) is 46.9 Å². The Morgan fingerprint density at radius 2 is 2.08 bits per heavy atom. The lowest BCUT2D eigenvalue weighted by atomic mass is 10.1. The van der Waals surface area contributed by atoms with Crippen LogP contribution >= 0.6 is 11.3 Å². The van der Waals surface area contributed by atoms with Crippen molar-refractivity contribution in [2.45, 2.75) is 33.6 Å². The molecular weight excluding hydrogens is 334 g/mol. The Morgan fingerprint density at radius 1 is 1.32 bits per heavy atom. The highest BCUT2D eigenvalue weighted by Gasteiger charge is 2.22. The van der Waals surface area contributed by atoms with Crippen LogP contribution in [0.4, 0.5) is 5.13 Å². The largest absolute Gasteiger partial charge is 0.370 e. The second-order valence-electron chi connectivity index (χ2n) is 6.83. The summed E-state index contributed by atoms with van der Waals surface area (Å²) in [6.07, 6.45) is 1.44. The molecule has 0 atom stereocenters. The molecule has 136 valence electrons. The van der Waals surface area contributed by atoms with Gasteiger partial charge in [-0.05, 0) is 37.5 Å². The smallest absolute Gasteiger partial charge is 0.228 e. The Labute approximate surface area is 153 Å². The summed E-state index contributed by atoms with van der Waals surface area (Å²) in [5.41, 5.74) is 3.46. The van der Waals surface area contributed by atoms with Crippen LogP contribution in [0, 0.1) is 13.8 Å². The number of benzene rings is 1. The molecule has 2 aromatic rings. The van der Waals surface area contributed by atoms with Gasteiger partial charge in [-0.15, -0.1) is 0 Å². The number of nitrogens with zero attached hydrogens (tertiary/aromatic N) is 2. The molecule has 0 unspecified atom stereocenters. The monoisotopic (exact) mass is 362 g/mol. The van der Waals surface area contributed by atoms with E-state index in [0.717, 1.165) is 56.5 Å². The summed E-state index contributed by atoms with van der Waals surface area (Å²) in [6.45, 7) is 11.6. The molecule has 1 N–H and O–H groups in total. The van der Waals surface area contributed by atoms with Crippen molar-refractivity contribution < 1.29 is 14.4 Å². The maximum Gasteiger partial charge on any atom is 0.228 e. The van der Waals surface area contributed by atoms with Crippen LogP contribution < -0.4 is 9.80 Å². The van der Waals surface area contributed by atoms with E-state index >= 15 is 0 Å². The number of hydrogen-bond acceptors (Lipinski definition) is 4. The van der Waals surface area contributed by atoms with E-state index in [1.54, 1.807) is 11.3 Å². The lowest BCUT2D eigenvalue weighted by molar-refractivity contribution is -0.906.